The highest BCUT2D eigenvalue weighted by Crippen LogP contribution is 2.27. The van der Waals surface area contributed by atoms with Gasteiger partial charge in [-0.1, -0.05) is 29.5 Å². The zero-order valence-electron chi connectivity index (χ0n) is 18.4. The second kappa shape index (κ2) is 8.48. The number of ether oxygens (including phenoxy) is 1. The molecule has 164 valence electrons. The maximum absolute atomic E-state index is 13.6. The first kappa shape index (κ1) is 20.8. The Kier molecular flexibility index (Phi) is 5.35. The number of hydrogen-bond donors (Lipinski definition) is 1. The molecule has 0 amide bonds. The molecule has 3 heterocycles. The van der Waals surface area contributed by atoms with E-state index in [1.807, 2.05) is 80.6 Å². The van der Waals surface area contributed by atoms with Crippen LogP contribution < -0.4 is 10.3 Å². The molecule has 5 aromatic rings. The summed E-state index contributed by atoms with van der Waals surface area (Å²) < 4.78 is 7.79. The highest BCUT2D eigenvalue weighted by atomic mass is 32.1. The normalized spacial score (nSPS) is 11.8. The Morgan fingerprint density at radius 3 is 2.55 bits per heavy atom. The van der Waals surface area contributed by atoms with E-state index >= 15 is 0 Å². The van der Waals surface area contributed by atoms with Gasteiger partial charge in [0.2, 0.25) is 5.13 Å². The number of nitrogens with zero attached hydrogens (tertiary/aromatic N) is 4. The molecule has 0 aliphatic heterocycles. The molecule has 5 rings (SSSR count). The molecule has 3 aromatic heterocycles. The Hall–Kier alpha value is -4.04. The summed E-state index contributed by atoms with van der Waals surface area (Å²) in [5.41, 5.74) is 4.04. The molecule has 0 saturated carbocycles. The van der Waals surface area contributed by atoms with Crippen LogP contribution in [0.3, 0.4) is 0 Å². The molecule has 8 heteroatoms. The van der Waals surface area contributed by atoms with E-state index in [4.69, 9.17) is 4.74 Å². The molecule has 0 radical (unpaired) electrons. The number of methoxy groups -OCH3 is 1. The van der Waals surface area contributed by atoms with Gasteiger partial charge in [0.1, 0.15) is 5.75 Å². The predicted molar refractivity (Wildman–Crippen MR) is 132 cm³/mol. The number of thiazole rings is 1. The van der Waals surface area contributed by atoms with Gasteiger partial charge < -0.3 is 4.74 Å². The molecule has 0 aliphatic carbocycles. The van der Waals surface area contributed by atoms with E-state index in [9.17, 15) is 4.79 Å². The molecular formula is C25H21N5O2S. The number of nitrogens with one attached hydrogen (secondary N) is 1. The Morgan fingerprint density at radius 2 is 1.82 bits per heavy atom. The lowest BCUT2D eigenvalue weighted by Gasteiger charge is -2.05. The topological polar surface area (TPSA) is 85.2 Å². The van der Waals surface area contributed by atoms with Crippen molar-refractivity contribution in [3.05, 3.63) is 88.3 Å². The number of aromatic nitrogens is 4. The third-order valence-electron chi connectivity index (χ3n) is 5.26. The Bertz CT molecular complexity index is 1510. The average Bonchev–Trinajstić information content (AvgIpc) is 3.40. The third kappa shape index (κ3) is 3.96. The van der Waals surface area contributed by atoms with E-state index in [2.05, 4.69) is 20.1 Å². The summed E-state index contributed by atoms with van der Waals surface area (Å²) in [4.78, 5) is 27.4. The lowest BCUT2D eigenvalue weighted by atomic mass is 10.1. The van der Waals surface area contributed by atoms with Gasteiger partial charge in [0.15, 0.2) is 5.82 Å². The molecule has 1 N–H and O–H groups in total. The van der Waals surface area contributed by atoms with Crippen LogP contribution in [0.4, 0.5) is 5.82 Å². The van der Waals surface area contributed by atoms with Crippen LogP contribution in [0.1, 0.15) is 18.2 Å². The van der Waals surface area contributed by atoms with Crippen molar-refractivity contribution < 1.29 is 4.74 Å². The summed E-state index contributed by atoms with van der Waals surface area (Å²) in [6.07, 6.45) is 0. The molecule has 0 unspecified atom stereocenters. The van der Waals surface area contributed by atoms with Crippen molar-refractivity contribution >= 4 is 33.1 Å². The smallest absolute Gasteiger partial charge is 0.283 e. The van der Waals surface area contributed by atoms with Crippen molar-refractivity contribution in [1.29, 1.82) is 0 Å². The number of benzene rings is 2. The summed E-state index contributed by atoms with van der Waals surface area (Å²) >= 11 is 1.45. The lowest BCUT2D eigenvalue weighted by Crippen LogP contribution is -2.19. The zero-order chi connectivity index (χ0) is 22.9. The fraction of sp³-hybridized carbons (Fsp3) is 0.120. The van der Waals surface area contributed by atoms with Gasteiger partial charge in [-0.3, -0.25) is 9.89 Å². The number of fused-ring (bicyclic) bond motifs is 1. The quantitative estimate of drug-likeness (QED) is 0.365. The molecule has 0 bridgehead atoms. The average molecular weight is 456 g/mol. The minimum atomic E-state index is -0.214. The number of hydrogen-bond acceptors (Lipinski definition) is 6. The van der Waals surface area contributed by atoms with E-state index in [1.165, 1.54) is 16.0 Å². The van der Waals surface area contributed by atoms with Crippen LogP contribution in [0.2, 0.25) is 0 Å². The van der Waals surface area contributed by atoms with Crippen LogP contribution in [0, 0.1) is 6.92 Å². The number of aromatic amines is 1. The van der Waals surface area contributed by atoms with Gasteiger partial charge >= 0.3 is 0 Å². The third-order valence-corrected chi connectivity index (χ3v) is 6.28. The summed E-state index contributed by atoms with van der Waals surface area (Å²) in [5, 5.41) is 3.84. The van der Waals surface area contributed by atoms with Gasteiger partial charge in [-0.2, -0.15) is 4.68 Å². The predicted octanol–water partition coefficient (Wildman–Crippen LogP) is 5.30. The van der Waals surface area contributed by atoms with Crippen LogP contribution in [-0.4, -0.2) is 32.6 Å². The van der Waals surface area contributed by atoms with Crippen molar-refractivity contribution in [2.24, 2.45) is 4.99 Å². The summed E-state index contributed by atoms with van der Waals surface area (Å²) in [7, 11) is 1.62. The fourth-order valence-electron chi connectivity index (χ4n) is 3.65. The van der Waals surface area contributed by atoms with E-state index < -0.39 is 0 Å². The molecule has 7 nitrogen and oxygen atoms in total. The SMILES string of the molecule is COc1ccc(-c2[nH]n(-c3nc4ccccc4s3)c(=O)c2/C(C)=N\c2cccc(C)n2)cc1. The second-order valence-corrected chi connectivity index (χ2v) is 8.54. The maximum Gasteiger partial charge on any atom is 0.283 e. The van der Waals surface area contributed by atoms with Gasteiger partial charge in [0.25, 0.3) is 5.56 Å². The van der Waals surface area contributed by atoms with Crippen molar-refractivity contribution in [3.8, 4) is 22.1 Å². The van der Waals surface area contributed by atoms with Gasteiger partial charge in [-0.05, 0) is 62.4 Å². The standard InChI is InChI=1S/C25H21N5O2S/c1-15-7-6-10-21(26-15)27-16(2)22-23(17-11-13-18(32-3)14-12-17)29-30(24(22)31)25-28-19-8-4-5-9-20(19)33-25/h4-14,29H,1-3H3/b27-16-. The largest absolute Gasteiger partial charge is 0.497 e. The van der Waals surface area contributed by atoms with Gasteiger partial charge in [-0.15, -0.1) is 0 Å². The first-order chi connectivity index (χ1) is 16.0. The molecular weight excluding hydrogens is 434 g/mol. The monoisotopic (exact) mass is 455 g/mol. The number of aryl methyl sites for hydroxylation is 1. The fourth-order valence-corrected chi connectivity index (χ4v) is 4.57. The highest BCUT2D eigenvalue weighted by Gasteiger charge is 2.21. The highest BCUT2D eigenvalue weighted by molar-refractivity contribution is 7.20. The minimum Gasteiger partial charge on any atom is -0.497 e. The number of para-hydroxylation sites is 1. The van der Waals surface area contributed by atoms with Crippen molar-refractivity contribution in [1.82, 2.24) is 19.7 Å². The number of pyridine rings is 1. The Balaban J connectivity index is 1.70. The van der Waals surface area contributed by atoms with E-state index in [1.54, 1.807) is 7.11 Å². The summed E-state index contributed by atoms with van der Waals surface area (Å²) in [6, 6.07) is 21.0. The van der Waals surface area contributed by atoms with Gasteiger partial charge in [-0.25, -0.2) is 15.0 Å². The number of H-pyrrole nitrogens is 1. The van der Waals surface area contributed by atoms with E-state index in [0.717, 1.165) is 27.2 Å². The van der Waals surface area contributed by atoms with Crippen molar-refractivity contribution in [2.45, 2.75) is 13.8 Å². The molecule has 0 fully saturated rings. The Labute approximate surface area is 194 Å². The van der Waals surface area contributed by atoms with Crippen LogP contribution in [0.15, 0.2) is 76.5 Å². The summed E-state index contributed by atoms with van der Waals surface area (Å²) in [6.45, 7) is 3.73. The maximum atomic E-state index is 13.6. The molecule has 0 aliphatic rings. The van der Waals surface area contributed by atoms with Gasteiger partial charge in [0, 0.05) is 11.3 Å². The molecule has 0 spiro atoms. The van der Waals surface area contributed by atoms with E-state index in [-0.39, 0.29) is 5.56 Å². The molecule has 2 aromatic carbocycles. The van der Waals surface area contributed by atoms with Crippen LogP contribution >= 0.6 is 11.3 Å². The second-order valence-electron chi connectivity index (χ2n) is 7.53. The molecule has 0 atom stereocenters. The van der Waals surface area contributed by atoms with Crippen molar-refractivity contribution in [2.75, 3.05) is 7.11 Å². The molecule has 0 saturated heterocycles. The first-order valence-electron chi connectivity index (χ1n) is 10.4. The van der Waals surface area contributed by atoms with Crippen molar-refractivity contribution in [3.63, 3.8) is 0 Å². The van der Waals surface area contributed by atoms with Crippen LogP contribution in [0.5, 0.6) is 5.75 Å². The van der Waals surface area contributed by atoms with Crippen LogP contribution in [-0.2, 0) is 0 Å². The van der Waals surface area contributed by atoms with Crippen LogP contribution in [0.25, 0.3) is 26.6 Å². The Morgan fingerprint density at radius 1 is 1.03 bits per heavy atom. The lowest BCUT2D eigenvalue weighted by molar-refractivity contribution is 0.415. The van der Waals surface area contributed by atoms with Gasteiger partial charge in [0.05, 0.1) is 34.3 Å². The number of rotatable bonds is 5. The van der Waals surface area contributed by atoms with E-state index in [0.29, 0.717) is 27.9 Å². The first-order valence-corrected chi connectivity index (χ1v) is 11.2. The number of aliphatic imine (C=N–C) groups is 1. The minimum absolute atomic E-state index is 0.214. The zero-order valence-corrected chi connectivity index (χ0v) is 19.2. The summed E-state index contributed by atoms with van der Waals surface area (Å²) in [5.74, 6) is 1.29. The molecule has 33 heavy (non-hydrogen) atoms.